The van der Waals surface area contributed by atoms with E-state index >= 15 is 0 Å². The standard InChI is InChI=1S/C10H14.C4H10O2/c1-9(2)8-10-6-4-3-5-7-10;1-4(6)2-3-5/h3-7,9H,8H2,1-2H3;4-6H,2-3H2,1H3. The van der Waals surface area contributed by atoms with Gasteiger partial charge in [-0.25, -0.2) is 0 Å². The van der Waals surface area contributed by atoms with Crippen LogP contribution in [0, 0.1) is 5.92 Å². The molecular formula is C14H24O2. The van der Waals surface area contributed by atoms with E-state index in [9.17, 15) is 0 Å². The molecule has 0 heterocycles. The van der Waals surface area contributed by atoms with Crippen molar-refractivity contribution in [3.05, 3.63) is 35.9 Å². The summed E-state index contributed by atoms with van der Waals surface area (Å²) in [6.45, 7) is 6.22. The number of hydrogen-bond donors (Lipinski definition) is 2. The number of benzene rings is 1. The van der Waals surface area contributed by atoms with Crippen molar-refractivity contribution in [1.29, 1.82) is 0 Å². The highest BCUT2D eigenvalue weighted by atomic mass is 16.3. The lowest BCUT2D eigenvalue weighted by atomic mass is 10.0. The van der Waals surface area contributed by atoms with Crippen molar-refractivity contribution < 1.29 is 10.2 Å². The maximum atomic E-state index is 8.39. The van der Waals surface area contributed by atoms with Crippen LogP contribution in [0.15, 0.2) is 30.3 Å². The zero-order valence-corrected chi connectivity index (χ0v) is 10.6. The Morgan fingerprint density at radius 3 is 1.94 bits per heavy atom. The Morgan fingerprint density at radius 2 is 1.62 bits per heavy atom. The van der Waals surface area contributed by atoms with E-state index in [0.29, 0.717) is 6.42 Å². The lowest BCUT2D eigenvalue weighted by Gasteiger charge is -2.02. The molecule has 92 valence electrons. The van der Waals surface area contributed by atoms with E-state index in [1.807, 2.05) is 0 Å². The van der Waals surface area contributed by atoms with Crippen molar-refractivity contribution in [2.24, 2.45) is 5.92 Å². The Morgan fingerprint density at radius 1 is 1.06 bits per heavy atom. The molecule has 2 N–H and O–H groups in total. The molecule has 1 atom stereocenters. The Kier molecular flexibility index (Phi) is 8.87. The average molecular weight is 224 g/mol. The normalized spacial score (nSPS) is 11.9. The molecule has 0 spiro atoms. The molecule has 1 aromatic rings. The van der Waals surface area contributed by atoms with Gasteiger partial charge in [-0.1, -0.05) is 44.2 Å². The molecule has 0 amide bonds. The summed E-state index contributed by atoms with van der Waals surface area (Å²) in [6.07, 6.45) is 1.33. The van der Waals surface area contributed by atoms with E-state index in [0.717, 1.165) is 5.92 Å². The van der Waals surface area contributed by atoms with Crippen LogP contribution in [0.5, 0.6) is 0 Å². The molecule has 0 bridgehead atoms. The van der Waals surface area contributed by atoms with Crippen LogP contribution in [0.2, 0.25) is 0 Å². The average Bonchev–Trinajstić information content (AvgIpc) is 2.18. The Balaban J connectivity index is 0.000000325. The molecule has 2 heteroatoms. The van der Waals surface area contributed by atoms with Gasteiger partial charge in [0.1, 0.15) is 0 Å². The third kappa shape index (κ3) is 9.69. The molecule has 0 fully saturated rings. The van der Waals surface area contributed by atoms with Crippen molar-refractivity contribution >= 4 is 0 Å². The quantitative estimate of drug-likeness (QED) is 0.825. The van der Waals surface area contributed by atoms with Crippen molar-refractivity contribution in [1.82, 2.24) is 0 Å². The van der Waals surface area contributed by atoms with Crippen LogP contribution in [-0.2, 0) is 6.42 Å². The molecule has 1 rings (SSSR count). The highest BCUT2D eigenvalue weighted by molar-refractivity contribution is 5.14. The van der Waals surface area contributed by atoms with E-state index in [-0.39, 0.29) is 12.7 Å². The van der Waals surface area contributed by atoms with Gasteiger partial charge in [0, 0.05) is 6.61 Å². The zero-order valence-electron chi connectivity index (χ0n) is 10.6. The lowest BCUT2D eigenvalue weighted by molar-refractivity contribution is 0.148. The van der Waals surface area contributed by atoms with Crippen molar-refractivity contribution in [3.63, 3.8) is 0 Å². The topological polar surface area (TPSA) is 40.5 Å². The van der Waals surface area contributed by atoms with Gasteiger partial charge in [0.25, 0.3) is 0 Å². The van der Waals surface area contributed by atoms with Gasteiger partial charge in [-0.05, 0) is 31.2 Å². The molecule has 2 nitrogen and oxygen atoms in total. The van der Waals surface area contributed by atoms with Crippen LogP contribution in [0.1, 0.15) is 32.8 Å². The molecule has 0 aliphatic carbocycles. The van der Waals surface area contributed by atoms with Crippen molar-refractivity contribution in [2.75, 3.05) is 6.61 Å². The smallest absolute Gasteiger partial charge is 0.0533 e. The minimum atomic E-state index is -0.352. The summed E-state index contributed by atoms with van der Waals surface area (Å²) in [6, 6.07) is 10.6. The van der Waals surface area contributed by atoms with Crippen molar-refractivity contribution in [3.8, 4) is 0 Å². The SMILES string of the molecule is CC(C)Cc1ccccc1.CC(O)CCO. The van der Waals surface area contributed by atoms with Crippen LogP contribution >= 0.6 is 0 Å². The molecule has 1 unspecified atom stereocenters. The van der Waals surface area contributed by atoms with Crippen LogP contribution in [-0.4, -0.2) is 22.9 Å². The predicted octanol–water partition coefficient (Wildman–Crippen LogP) is 2.63. The fraction of sp³-hybridized carbons (Fsp3) is 0.571. The van der Waals surface area contributed by atoms with Crippen LogP contribution in [0.3, 0.4) is 0 Å². The zero-order chi connectivity index (χ0) is 12.4. The number of rotatable bonds is 4. The van der Waals surface area contributed by atoms with Gasteiger partial charge in [0.15, 0.2) is 0 Å². The third-order valence-electron chi connectivity index (χ3n) is 2.03. The third-order valence-corrected chi connectivity index (χ3v) is 2.03. The Hall–Kier alpha value is -0.860. The Bertz CT molecular complexity index is 242. The fourth-order valence-electron chi connectivity index (χ4n) is 1.27. The molecule has 16 heavy (non-hydrogen) atoms. The first-order valence-corrected chi connectivity index (χ1v) is 5.89. The Labute approximate surface area is 98.9 Å². The van der Waals surface area contributed by atoms with Crippen molar-refractivity contribution in [2.45, 2.75) is 39.7 Å². The highest BCUT2D eigenvalue weighted by Crippen LogP contribution is 2.05. The van der Waals surface area contributed by atoms with Gasteiger partial charge in [-0.3, -0.25) is 0 Å². The summed E-state index contributed by atoms with van der Waals surface area (Å²) in [7, 11) is 0. The van der Waals surface area contributed by atoms with Gasteiger partial charge >= 0.3 is 0 Å². The second-order valence-corrected chi connectivity index (χ2v) is 4.44. The monoisotopic (exact) mass is 224 g/mol. The first-order chi connectivity index (χ1) is 7.56. The van der Waals surface area contributed by atoms with E-state index in [4.69, 9.17) is 10.2 Å². The van der Waals surface area contributed by atoms with Crippen LogP contribution < -0.4 is 0 Å². The fourth-order valence-corrected chi connectivity index (χ4v) is 1.27. The summed E-state index contributed by atoms with van der Waals surface area (Å²) in [4.78, 5) is 0. The molecule has 1 aromatic carbocycles. The van der Waals surface area contributed by atoms with Gasteiger partial charge < -0.3 is 10.2 Å². The number of aliphatic hydroxyl groups is 2. The first-order valence-electron chi connectivity index (χ1n) is 5.89. The van der Waals surface area contributed by atoms with E-state index < -0.39 is 0 Å². The second kappa shape index (κ2) is 9.37. The number of aliphatic hydroxyl groups excluding tert-OH is 2. The summed E-state index contributed by atoms with van der Waals surface area (Å²) in [5, 5.41) is 16.5. The summed E-state index contributed by atoms with van der Waals surface area (Å²) < 4.78 is 0. The lowest BCUT2D eigenvalue weighted by Crippen LogP contribution is -2.00. The highest BCUT2D eigenvalue weighted by Gasteiger charge is 1.94. The maximum absolute atomic E-state index is 8.39. The summed E-state index contributed by atoms with van der Waals surface area (Å²) in [5.41, 5.74) is 1.44. The maximum Gasteiger partial charge on any atom is 0.0533 e. The molecular weight excluding hydrogens is 200 g/mol. The first kappa shape index (κ1) is 15.1. The van der Waals surface area contributed by atoms with Crippen LogP contribution in [0.25, 0.3) is 0 Å². The van der Waals surface area contributed by atoms with Gasteiger partial charge in [-0.15, -0.1) is 0 Å². The second-order valence-electron chi connectivity index (χ2n) is 4.44. The van der Waals surface area contributed by atoms with E-state index in [2.05, 4.69) is 44.2 Å². The molecule has 0 aliphatic rings. The largest absolute Gasteiger partial charge is 0.396 e. The molecule has 0 saturated carbocycles. The van der Waals surface area contributed by atoms with E-state index in [1.54, 1.807) is 6.92 Å². The minimum absolute atomic E-state index is 0.0810. The number of hydrogen-bond acceptors (Lipinski definition) is 2. The molecule has 0 aliphatic heterocycles. The van der Waals surface area contributed by atoms with Crippen LogP contribution in [0.4, 0.5) is 0 Å². The van der Waals surface area contributed by atoms with Gasteiger partial charge in [0.2, 0.25) is 0 Å². The summed E-state index contributed by atoms with van der Waals surface area (Å²) in [5.74, 6) is 0.766. The van der Waals surface area contributed by atoms with E-state index in [1.165, 1.54) is 12.0 Å². The van der Waals surface area contributed by atoms with Gasteiger partial charge in [-0.2, -0.15) is 0 Å². The molecule has 0 saturated heterocycles. The predicted molar refractivity (Wildman–Crippen MR) is 68.4 cm³/mol. The minimum Gasteiger partial charge on any atom is -0.396 e. The molecule has 0 aromatic heterocycles. The van der Waals surface area contributed by atoms with Gasteiger partial charge in [0.05, 0.1) is 6.10 Å². The summed E-state index contributed by atoms with van der Waals surface area (Å²) >= 11 is 0. The molecule has 0 radical (unpaired) electrons.